The number of carbonyl (C=O) groups excluding carboxylic acids is 1. The van der Waals surface area contributed by atoms with E-state index in [0.717, 1.165) is 5.56 Å². The number of anilines is 1. The Labute approximate surface area is 110 Å². The van der Waals surface area contributed by atoms with Gasteiger partial charge in [0.25, 0.3) is 0 Å². The monoisotopic (exact) mass is 270 g/mol. The van der Waals surface area contributed by atoms with Crippen molar-refractivity contribution in [3.05, 3.63) is 28.8 Å². The number of carbonyl (C=O) groups is 2. The molecule has 18 heavy (non-hydrogen) atoms. The van der Waals surface area contributed by atoms with Crippen molar-refractivity contribution in [2.75, 3.05) is 11.9 Å². The van der Waals surface area contributed by atoms with Gasteiger partial charge in [-0.15, -0.1) is 0 Å². The fourth-order valence-electron chi connectivity index (χ4n) is 1.27. The molecule has 0 fully saturated rings. The maximum absolute atomic E-state index is 11.6. The third-order valence-electron chi connectivity index (χ3n) is 2.48. The first-order valence-corrected chi connectivity index (χ1v) is 5.80. The average Bonchev–Trinajstić information content (AvgIpc) is 2.32. The van der Waals surface area contributed by atoms with Crippen molar-refractivity contribution >= 4 is 29.2 Å². The molecule has 0 unspecified atom stereocenters. The summed E-state index contributed by atoms with van der Waals surface area (Å²) >= 11 is 5.92. The lowest BCUT2D eigenvalue weighted by Crippen LogP contribution is -2.39. The molecule has 1 aromatic rings. The van der Waals surface area contributed by atoms with Gasteiger partial charge in [0.1, 0.15) is 6.04 Å². The van der Waals surface area contributed by atoms with Gasteiger partial charge in [-0.05, 0) is 31.5 Å². The zero-order valence-electron chi connectivity index (χ0n) is 10.2. The lowest BCUT2D eigenvalue weighted by molar-refractivity contribution is -0.139. The van der Waals surface area contributed by atoms with E-state index >= 15 is 0 Å². The van der Waals surface area contributed by atoms with E-state index in [4.69, 9.17) is 16.7 Å². The van der Waals surface area contributed by atoms with Gasteiger partial charge in [0, 0.05) is 10.7 Å². The SMILES string of the molecule is Cc1c(Cl)cccc1NC(=O)CN[C@@H](C)C(=O)O. The minimum atomic E-state index is -0.998. The van der Waals surface area contributed by atoms with Gasteiger partial charge in [0.15, 0.2) is 0 Å². The predicted molar refractivity (Wildman–Crippen MR) is 69.9 cm³/mol. The molecule has 0 aromatic heterocycles. The molecule has 1 atom stereocenters. The third-order valence-corrected chi connectivity index (χ3v) is 2.89. The van der Waals surface area contributed by atoms with Gasteiger partial charge in [-0.2, -0.15) is 0 Å². The molecule has 0 radical (unpaired) electrons. The summed E-state index contributed by atoms with van der Waals surface area (Å²) in [6, 6.07) is 4.44. The predicted octanol–water partition coefficient (Wildman–Crippen LogP) is 1.65. The van der Waals surface area contributed by atoms with E-state index in [0.29, 0.717) is 10.7 Å². The second-order valence-corrected chi connectivity index (χ2v) is 4.31. The van der Waals surface area contributed by atoms with Crippen LogP contribution in [0.15, 0.2) is 18.2 Å². The van der Waals surface area contributed by atoms with Crippen molar-refractivity contribution in [2.45, 2.75) is 19.9 Å². The first-order chi connectivity index (χ1) is 8.41. The minimum absolute atomic E-state index is 0.0700. The second kappa shape index (κ2) is 6.37. The molecule has 5 nitrogen and oxygen atoms in total. The first kappa shape index (κ1) is 14.5. The molecule has 0 saturated heterocycles. The number of carboxylic acid groups (broad SMARTS) is 1. The summed E-state index contributed by atoms with van der Waals surface area (Å²) in [6.07, 6.45) is 0. The molecule has 1 rings (SSSR count). The van der Waals surface area contributed by atoms with Gasteiger partial charge >= 0.3 is 5.97 Å². The number of amides is 1. The standard InChI is InChI=1S/C12H15ClN2O3/c1-7-9(13)4-3-5-10(7)15-11(16)6-14-8(2)12(17)18/h3-5,8,14H,6H2,1-2H3,(H,15,16)(H,17,18)/t8-/m0/s1. The molecule has 0 spiro atoms. The first-order valence-electron chi connectivity index (χ1n) is 5.43. The smallest absolute Gasteiger partial charge is 0.320 e. The average molecular weight is 271 g/mol. The van der Waals surface area contributed by atoms with E-state index < -0.39 is 12.0 Å². The van der Waals surface area contributed by atoms with Gasteiger partial charge in [-0.3, -0.25) is 14.9 Å². The van der Waals surface area contributed by atoms with Crippen molar-refractivity contribution in [1.82, 2.24) is 5.32 Å². The highest BCUT2D eigenvalue weighted by Crippen LogP contribution is 2.22. The van der Waals surface area contributed by atoms with Crippen LogP contribution in [0, 0.1) is 6.92 Å². The van der Waals surface area contributed by atoms with Crippen LogP contribution in [0.25, 0.3) is 0 Å². The number of rotatable bonds is 5. The lowest BCUT2D eigenvalue weighted by Gasteiger charge is -2.11. The van der Waals surface area contributed by atoms with Gasteiger partial charge in [-0.1, -0.05) is 17.7 Å². The Morgan fingerprint density at radius 3 is 2.72 bits per heavy atom. The molecule has 0 heterocycles. The van der Waals surface area contributed by atoms with Crippen LogP contribution >= 0.6 is 11.6 Å². The van der Waals surface area contributed by atoms with E-state index in [1.54, 1.807) is 25.1 Å². The highest BCUT2D eigenvalue weighted by atomic mass is 35.5. The van der Waals surface area contributed by atoms with Crippen LogP contribution in [-0.4, -0.2) is 29.6 Å². The summed E-state index contributed by atoms with van der Waals surface area (Å²) < 4.78 is 0. The molecule has 0 aliphatic heterocycles. The molecule has 6 heteroatoms. The zero-order valence-corrected chi connectivity index (χ0v) is 10.9. The molecular formula is C12H15ClN2O3. The number of nitrogens with one attached hydrogen (secondary N) is 2. The van der Waals surface area contributed by atoms with Crippen LogP contribution in [0.4, 0.5) is 5.69 Å². The summed E-state index contributed by atoms with van der Waals surface area (Å²) in [6.45, 7) is 3.20. The van der Waals surface area contributed by atoms with E-state index in [1.165, 1.54) is 6.92 Å². The van der Waals surface area contributed by atoms with E-state index in [1.807, 2.05) is 0 Å². The van der Waals surface area contributed by atoms with Crippen molar-refractivity contribution in [3.63, 3.8) is 0 Å². The molecular weight excluding hydrogens is 256 g/mol. The topological polar surface area (TPSA) is 78.4 Å². The van der Waals surface area contributed by atoms with Crippen LogP contribution in [0.5, 0.6) is 0 Å². The Morgan fingerprint density at radius 1 is 1.44 bits per heavy atom. The van der Waals surface area contributed by atoms with E-state index in [9.17, 15) is 9.59 Å². The highest BCUT2D eigenvalue weighted by Gasteiger charge is 2.12. The maximum Gasteiger partial charge on any atom is 0.320 e. The molecule has 3 N–H and O–H groups in total. The van der Waals surface area contributed by atoms with Crippen molar-refractivity contribution in [2.24, 2.45) is 0 Å². The highest BCUT2D eigenvalue weighted by molar-refractivity contribution is 6.31. The van der Waals surface area contributed by atoms with Crippen LogP contribution in [0.2, 0.25) is 5.02 Å². The fourth-order valence-corrected chi connectivity index (χ4v) is 1.44. The molecule has 0 bridgehead atoms. The third kappa shape index (κ3) is 4.01. The zero-order chi connectivity index (χ0) is 13.7. The summed E-state index contributed by atoms with van der Waals surface area (Å²) in [5.74, 6) is -1.31. The van der Waals surface area contributed by atoms with Crippen molar-refractivity contribution < 1.29 is 14.7 Å². The normalized spacial score (nSPS) is 11.9. The fraction of sp³-hybridized carbons (Fsp3) is 0.333. The number of aliphatic carboxylic acids is 1. The second-order valence-electron chi connectivity index (χ2n) is 3.90. The van der Waals surface area contributed by atoms with Crippen LogP contribution < -0.4 is 10.6 Å². The Kier molecular flexibility index (Phi) is 5.12. The Morgan fingerprint density at radius 2 is 2.11 bits per heavy atom. The number of carboxylic acids is 1. The Bertz CT molecular complexity index is 463. The molecule has 1 amide bonds. The van der Waals surface area contributed by atoms with E-state index in [-0.39, 0.29) is 12.5 Å². The van der Waals surface area contributed by atoms with Crippen LogP contribution in [0.1, 0.15) is 12.5 Å². The molecule has 0 aliphatic rings. The number of benzene rings is 1. The molecule has 1 aromatic carbocycles. The summed E-state index contributed by atoms with van der Waals surface area (Å²) in [7, 11) is 0. The molecule has 98 valence electrons. The van der Waals surface area contributed by atoms with Crippen molar-refractivity contribution in [1.29, 1.82) is 0 Å². The Hall–Kier alpha value is -1.59. The van der Waals surface area contributed by atoms with Gasteiger partial charge in [0.05, 0.1) is 6.54 Å². The van der Waals surface area contributed by atoms with Crippen LogP contribution in [-0.2, 0) is 9.59 Å². The minimum Gasteiger partial charge on any atom is -0.480 e. The van der Waals surface area contributed by atoms with Gasteiger partial charge < -0.3 is 10.4 Å². The maximum atomic E-state index is 11.6. The van der Waals surface area contributed by atoms with E-state index in [2.05, 4.69) is 10.6 Å². The van der Waals surface area contributed by atoms with Gasteiger partial charge in [0.2, 0.25) is 5.91 Å². The summed E-state index contributed by atoms with van der Waals surface area (Å²) in [5, 5.41) is 14.5. The van der Waals surface area contributed by atoms with Crippen molar-refractivity contribution in [3.8, 4) is 0 Å². The lowest BCUT2D eigenvalue weighted by atomic mass is 10.2. The van der Waals surface area contributed by atoms with Gasteiger partial charge in [-0.25, -0.2) is 0 Å². The quantitative estimate of drug-likeness (QED) is 0.760. The molecule has 0 saturated carbocycles. The Balaban J connectivity index is 2.55. The largest absolute Gasteiger partial charge is 0.480 e. The number of hydrogen-bond acceptors (Lipinski definition) is 3. The molecule has 0 aliphatic carbocycles. The number of halogens is 1. The number of hydrogen-bond donors (Lipinski definition) is 3. The summed E-state index contributed by atoms with van der Waals surface area (Å²) in [4.78, 5) is 22.2. The summed E-state index contributed by atoms with van der Waals surface area (Å²) in [5.41, 5.74) is 1.40. The van der Waals surface area contributed by atoms with Crippen LogP contribution in [0.3, 0.4) is 0 Å².